The molecule has 1 aliphatic carbocycles. The monoisotopic (exact) mass is 184 g/mol. The summed E-state index contributed by atoms with van der Waals surface area (Å²) in [6.07, 6.45) is 6.91. The molecule has 3 heteroatoms. The molecule has 1 aliphatic rings. The zero-order valence-electron chi connectivity index (χ0n) is 8.44. The molecule has 1 amide bonds. The molecule has 13 heavy (non-hydrogen) atoms. The van der Waals surface area contributed by atoms with Crippen LogP contribution in [0.3, 0.4) is 0 Å². The summed E-state index contributed by atoms with van der Waals surface area (Å²) in [5, 5.41) is 0. The van der Waals surface area contributed by atoms with E-state index < -0.39 is 0 Å². The summed E-state index contributed by atoms with van der Waals surface area (Å²) in [6, 6.07) is 0. The third kappa shape index (κ3) is 3.77. The maximum Gasteiger partial charge on any atom is 0.237 e. The molecule has 0 unspecified atom stereocenters. The first-order valence-corrected chi connectivity index (χ1v) is 5.37. The molecule has 76 valence electrons. The summed E-state index contributed by atoms with van der Waals surface area (Å²) >= 11 is 0. The van der Waals surface area contributed by atoms with Gasteiger partial charge < -0.3 is 0 Å². The number of rotatable bonds is 4. The Hall–Kier alpha value is -0.570. The Labute approximate surface area is 80.2 Å². The van der Waals surface area contributed by atoms with E-state index in [9.17, 15) is 4.79 Å². The van der Waals surface area contributed by atoms with E-state index in [2.05, 4.69) is 17.8 Å². The SMILES string of the molecule is CCCNNC(=O)C1CCCCC1. The van der Waals surface area contributed by atoms with Crippen molar-refractivity contribution in [3.63, 3.8) is 0 Å². The van der Waals surface area contributed by atoms with Crippen molar-refractivity contribution in [1.29, 1.82) is 0 Å². The molecule has 0 aromatic carbocycles. The average Bonchev–Trinajstić information content (AvgIpc) is 2.19. The van der Waals surface area contributed by atoms with Crippen LogP contribution in [0.4, 0.5) is 0 Å². The second kappa shape index (κ2) is 5.97. The lowest BCUT2D eigenvalue weighted by molar-refractivity contribution is -0.126. The molecule has 1 rings (SSSR count). The molecule has 0 aromatic heterocycles. The van der Waals surface area contributed by atoms with Crippen LogP contribution in [0.15, 0.2) is 0 Å². The second-order valence-corrected chi connectivity index (χ2v) is 3.75. The van der Waals surface area contributed by atoms with E-state index in [0.717, 1.165) is 25.8 Å². The molecule has 0 saturated heterocycles. The van der Waals surface area contributed by atoms with Gasteiger partial charge in [0.2, 0.25) is 5.91 Å². The molecular weight excluding hydrogens is 164 g/mol. The smallest absolute Gasteiger partial charge is 0.237 e. The third-order valence-corrected chi connectivity index (χ3v) is 2.56. The maximum absolute atomic E-state index is 11.5. The lowest BCUT2D eigenvalue weighted by Gasteiger charge is -2.20. The molecule has 0 aliphatic heterocycles. The first-order chi connectivity index (χ1) is 6.34. The highest BCUT2D eigenvalue weighted by Crippen LogP contribution is 2.23. The Bertz CT molecular complexity index is 153. The van der Waals surface area contributed by atoms with Crippen LogP contribution in [0.2, 0.25) is 0 Å². The van der Waals surface area contributed by atoms with Crippen molar-refractivity contribution < 1.29 is 4.79 Å². The van der Waals surface area contributed by atoms with Gasteiger partial charge in [-0.2, -0.15) is 0 Å². The molecule has 0 spiro atoms. The van der Waals surface area contributed by atoms with Gasteiger partial charge >= 0.3 is 0 Å². The molecular formula is C10H20N2O. The quantitative estimate of drug-likeness (QED) is 0.514. The van der Waals surface area contributed by atoms with Crippen molar-refractivity contribution in [2.75, 3.05) is 6.54 Å². The van der Waals surface area contributed by atoms with Gasteiger partial charge in [-0.25, -0.2) is 5.43 Å². The van der Waals surface area contributed by atoms with Crippen molar-refractivity contribution in [3.05, 3.63) is 0 Å². The number of hydrogen-bond donors (Lipinski definition) is 2. The summed E-state index contributed by atoms with van der Waals surface area (Å²) in [5.41, 5.74) is 5.70. The fourth-order valence-electron chi connectivity index (χ4n) is 1.74. The number of nitrogens with one attached hydrogen (secondary N) is 2. The van der Waals surface area contributed by atoms with Gasteiger partial charge in [0.1, 0.15) is 0 Å². The van der Waals surface area contributed by atoms with Crippen LogP contribution < -0.4 is 10.9 Å². The highest BCUT2D eigenvalue weighted by Gasteiger charge is 2.20. The highest BCUT2D eigenvalue weighted by atomic mass is 16.2. The molecule has 1 saturated carbocycles. The molecule has 0 radical (unpaired) electrons. The Morgan fingerprint density at radius 1 is 1.31 bits per heavy atom. The minimum Gasteiger partial charge on any atom is -0.291 e. The fraction of sp³-hybridized carbons (Fsp3) is 0.900. The molecule has 0 aromatic rings. The summed E-state index contributed by atoms with van der Waals surface area (Å²) in [7, 11) is 0. The number of carbonyl (C=O) groups is 1. The van der Waals surface area contributed by atoms with Crippen LogP contribution in [-0.2, 0) is 4.79 Å². The van der Waals surface area contributed by atoms with Gasteiger partial charge in [-0.1, -0.05) is 26.2 Å². The van der Waals surface area contributed by atoms with E-state index in [4.69, 9.17) is 0 Å². The van der Waals surface area contributed by atoms with E-state index in [0.29, 0.717) is 0 Å². The standard InChI is InChI=1S/C10H20N2O/c1-2-8-11-12-10(13)9-6-4-3-5-7-9/h9,11H,2-8H2,1H3,(H,12,13). The molecule has 2 N–H and O–H groups in total. The number of carbonyl (C=O) groups excluding carboxylic acids is 1. The van der Waals surface area contributed by atoms with Gasteiger partial charge in [0.15, 0.2) is 0 Å². The summed E-state index contributed by atoms with van der Waals surface area (Å²) in [5.74, 6) is 0.450. The number of amides is 1. The van der Waals surface area contributed by atoms with E-state index in [1.807, 2.05) is 0 Å². The largest absolute Gasteiger partial charge is 0.291 e. The zero-order valence-corrected chi connectivity index (χ0v) is 8.44. The van der Waals surface area contributed by atoms with Crippen LogP contribution in [0, 0.1) is 5.92 Å². The molecule has 3 nitrogen and oxygen atoms in total. The van der Waals surface area contributed by atoms with Crippen LogP contribution in [0.5, 0.6) is 0 Å². The van der Waals surface area contributed by atoms with Crippen LogP contribution in [0.25, 0.3) is 0 Å². The predicted molar refractivity (Wildman–Crippen MR) is 53.0 cm³/mol. The Kier molecular flexibility index (Phi) is 4.83. The normalized spacial score (nSPS) is 18.5. The Balaban J connectivity index is 2.13. The molecule has 1 fully saturated rings. The Morgan fingerprint density at radius 2 is 2.00 bits per heavy atom. The van der Waals surface area contributed by atoms with Crippen LogP contribution in [-0.4, -0.2) is 12.5 Å². The van der Waals surface area contributed by atoms with E-state index in [-0.39, 0.29) is 11.8 Å². The highest BCUT2D eigenvalue weighted by molar-refractivity contribution is 5.78. The average molecular weight is 184 g/mol. The summed E-state index contributed by atoms with van der Waals surface area (Å²) in [4.78, 5) is 11.5. The van der Waals surface area contributed by atoms with Crippen molar-refractivity contribution in [1.82, 2.24) is 10.9 Å². The van der Waals surface area contributed by atoms with Gasteiger partial charge in [-0.15, -0.1) is 0 Å². The zero-order chi connectivity index (χ0) is 9.52. The van der Waals surface area contributed by atoms with Gasteiger partial charge in [-0.05, 0) is 19.3 Å². The minimum absolute atomic E-state index is 0.188. The van der Waals surface area contributed by atoms with Crippen molar-refractivity contribution >= 4 is 5.91 Å². The number of hydrogen-bond acceptors (Lipinski definition) is 2. The fourth-order valence-corrected chi connectivity index (χ4v) is 1.74. The topological polar surface area (TPSA) is 41.1 Å². The van der Waals surface area contributed by atoms with Crippen molar-refractivity contribution in [3.8, 4) is 0 Å². The first kappa shape index (κ1) is 10.5. The Morgan fingerprint density at radius 3 is 2.62 bits per heavy atom. The third-order valence-electron chi connectivity index (χ3n) is 2.56. The van der Waals surface area contributed by atoms with Crippen LogP contribution >= 0.6 is 0 Å². The van der Waals surface area contributed by atoms with Crippen molar-refractivity contribution in [2.24, 2.45) is 5.92 Å². The molecule has 0 atom stereocenters. The summed E-state index contributed by atoms with van der Waals surface area (Å²) in [6.45, 7) is 2.94. The van der Waals surface area contributed by atoms with Gasteiger partial charge in [0, 0.05) is 12.5 Å². The number of hydrazine groups is 1. The van der Waals surface area contributed by atoms with Crippen LogP contribution in [0.1, 0.15) is 45.4 Å². The van der Waals surface area contributed by atoms with E-state index in [1.54, 1.807) is 0 Å². The minimum atomic E-state index is 0.188. The molecule has 0 bridgehead atoms. The maximum atomic E-state index is 11.5. The lowest BCUT2D eigenvalue weighted by atomic mass is 9.89. The van der Waals surface area contributed by atoms with Crippen molar-refractivity contribution in [2.45, 2.75) is 45.4 Å². The summed E-state index contributed by atoms with van der Waals surface area (Å²) < 4.78 is 0. The second-order valence-electron chi connectivity index (χ2n) is 3.75. The first-order valence-electron chi connectivity index (χ1n) is 5.37. The molecule has 0 heterocycles. The van der Waals surface area contributed by atoms with Gasteiger partial charge in [-0.3, -0.25) is 10.2 Å². The van der Waals surface area contributed by atoms with Gasteiger partial charge in [0.25, 0.3) is 0 Å². The van der Waals surface area contributed by atoms with E-state index >= 15 is 0 Å². The van der Waals surface area contributed by atoms with Gasteiger partial charge in [0.05, 0.1) is 0 Å². The predicted octanol–water partition coefficient (Wildman–Crippen LogP) is 1.60. The lowest BCUT2D eigenvalue weighted by Crippen LogP contribution is -2.42. The van der Waals surface area contributed by atoms with E-state index in [1.165, 1.54) is 19.3 Å².